The van der Waals surface area contributed by atoms with E-state index in [1.807, 2.05) is 11.6 Å². The summed E-state index contributed by atoms with van der Waals surface area (Å²) < 4.78 is 36.7. The molecule has 0 saturated heterocycles. The van der Waals surface area contributed by atoms with Crippen LogP contribution in [0.25, 0.3) is 0 Å². The van der Waals surface area contributed by atoms with Crippen molar-refractivity contribution in [1.82, 2.24) is 4.72 Å². The lowest BCUT2D eigenvalue weighted by Gasteiger charge is -2.11. The predicted molar refractivity (Wildman–Crippen MR) is 85.4 cm³/mol. The molecule has 0 aliphatic carbocycles. The van der Waals surface area contributed by atoms with E-state index in [9.17, 15) is 13.2 Å². The number of carbonyl (C=O) groups excluding carboxylic acids is 1. The molecule has 0 heterocycles. The summed E-state index contributed by atoms with van der Waals surface area (Å²) in [5.41, 5.74) is 1.02. The first-order chi connectivity index (χ1) is 10.9. The van der Waals surface area contributed by atoms with E-state index >= 15 is 0 Å². The topological polar surface area (TPSA) is 81.7 Å². The van der Waals surface area contributed by atoms with Crippen molar-refractivity contribution in [1.29, 1.82) is 0 Å². The largest absolute Gasteiger partial charge is 0.497 e. The standard InChI is InChI=1S/C16H17NO5S/c1-11-4-7-13(8-5-11)23(19,20)17-16(18)14-9-6-12(21-2)10-15(14)22-3/h4-10H,1-3H3,(H,17,18). The third-order valence-corrected chi connectivity index (χ3v) is 4.56. The molecule has 0 aromatic heterocycles. The lowest BCUT2D eigenvalue weighted by molar-refractivity contribution is 0.0978. The zero-order chi connectivity index (χ0) is 17.0. The maximum absolute atomic E-state index is 12.3. The number of hydrogen-bond acceptors (Lipinski definition) is 5. The zero-order valence-electron chi connectivity index (χ0n) is 13.0. The summed E-state index contributed by atoms with van der Waals surface area (Å²) in [6.07, 6.45) is 0. The molecule has 2 aromatic rings. The highest BCUT2D eigenvalue weighted by Crippen LogP contribution is 2.25. The molecule has 0 radical (unpaired) electrons. The Morgan fingerprint density at radius 1 is 1.00 bits per heavy atom. The molecule has 122 valence electrons. The summed E-state index contributed by atoms with van der Waals surface area (Å²) in [6, 6.07) is 10.7. The van der Waals surface area contributed by atoms with Crippen molar-refractivity contribution in [3.63, 3.8) is 0 Å². The lowest BCUT2D eigenvalue weighted by atomic mass is 10.2. The number of hydrogen-bond donors (Lipinski definition) is 1. The molecule has 0 aliphatic heterocycles. The molecule has 0 spiro atoms. The van der Waals surface area contributed by atoms with Gasteiger partial charge in [-0.15, -0.1) is 0 Å². The van der Waals surface area contributed by atoms with Gasteiger partial charge in [0.2, 0.25) is 0 Å². The zero-order valence-corrected chi connectivity index (χ0v) is 13.8. The van der Waals surface area contributed by atoms with E-state index in [2.05, 4.69) is 0 Å². The fourth-order valence-corrected chi connectivity index (χ4v) is 2.91. The minimum atomic E-state index is -3.95. The maximum atomic E-state index is 12.3. The van der Waals surface area contributed by atoms with Crippen LogP contribution in [0.1, 0.15) is 15.9 Å². The van der Waals surface area contributed by atoms with Gasteiger partial charge in [0.05, 0.1) is 24.7 Å². The third-order valence-electron chi connectivity index (χ3n) is 3.21. The van der Waals surface area contributed by atoms with Crippen LogP contribution >= 0.6 is 0 Å². The molecule has 6 nitrogen and oxygen atoms in total. The molecule has 0 bridgehead atoms. The highest BCUT2D eigenvalue weighted by atomic mass is 32.2. The van der Waals surface area contributed by atoms with Crippen LogP contribution in [0.15, 0.2) is 47.4 Å². The minimum absolute atomic E-state index is 0.0175. The Morgan fingerprint density at radius 2 is 1.65 bits per heavy atom. The number of amides is 1. The molecule has 0 aliphatic rings. The van der Waals surface area contributed by atoms with Crippen LogP contribution in [-0.4, -0.2) is 28.5 Å². The molecular formula is C16H17NO5S. The van der Waals surface area contributed by atoms with Crippen molar-refractivity contribution in [3.05, 3.63) is 53.6 Å². The van der Waals surface area contributed by atoms with Crippen LogP contribution in [0.2, 0.25) is 0 Å². The second-order valence-corrected chi connectivity index (χ2v) is 6.50. The van der Waals surface area contributed by atoms with Crippen molar-refractivity contribution in [2.24, 2.45) is 0 Å². The molecule has 0 saturated carbocycles. The van der Waals surface area contributed by atoms with Crippen LogP contribution in [0.3, 0.4) is 0 Å². The Morgan fingerprint density at radius 3 is 2.22 bits per heavy atom. The smallest absolute Gasteiger partial charge is 0.268 e. The van der Waals surface area contributed by atoms with Gasteiger partial charge in [-0.25, -0.2) is 13.1 Å². The molecule has 7 heteroatoms. The number of carbonyl (C=O) groups is 1. The van der Waals surface area contributed by atoms with Crippen LogP contribution in [-0.2, 0) is 10.0 Å². The van der Waals surface area contributed by atoms with Gasteiger partial charge in [0.15, 0.2) is 0 Å². The first-order valence-electron chi connectivity index (χ1n) is 6.73. The average Bonchev–Trinajstić information content (AvgIpc) is 2.54. The summed E-state index contributed by atoms with van der Waals surface area (Å²) in [6.45, 7) is 1.84. The number of aryl methyl sites for hydroxylation is 1. The number of nitrogens with one attached hydrogen (secondary N) is 1. The van der Waals surface area contributed by atoms with Gasteiger partial charge in [0, 0.05) is 6.07 Å². The van der Waals surface area contributed by atoms with Crippen molar-refractivity contribution in [2.75, 3.05) is 14.2 Å². The molecule has 1 amide bonds. The number of sulfonamides is 1. The monoisotopic (exact) mass is 335 g/mol. The molecule has 2 rings (SSSR count). The summed E-state index contributed by atoms with van der Waals surface area (Å²) in [7, 11) is -1.08. The second kappa shape index (κ2) is 6.70. The Kier molecular flexibility index (Phi) is 4.90. The van der Waals surface area contributed by atoms with E-state index in [0.717, 1.165) is 5.56 Å². The van der Waals surface area contributed by atoms with Gasteiger partial charge in [0.25, 0.3) is 15.9 Å². The maximum Gasteiger partial charge on any atom is 0.268 e. The van der Waals surface area contributed by atoms with Gasteiger partial charge >= 0.3 is 0 Å². The van der Waals surface area contributed by atoms with E-state index in [1.165, 1.54) is 38.5 Å². The van der Waals surface area contributed by atoms with Gasteiger partial charge < -0.3 is 9.47 Å². The van der Waals surface area contributed by atoms with Crippen LogP contribution < -0.4 is 14.2 Å². The van der Waals surface area contributed by atoms with E-state index in [1.54, 1.807) is 18.2 Å². The number of rotatable bonds is 5. The fourth-order valence-electron chi connectivity index (χ4n) is 1.94. The SMILES string of the molecule is COc1ccc(C(=O)NS(=O)(=O)c2ccc(C)cc2)c(OC)c1. The fraction of sp³-hybridized carbons (Fsp3) is 0.188. The molecule has 0 fully saturated rings. The summed E-state index contributed by atoms with van der Waals surface area (Å²) in [5.74, 6) is -0.0502. The molecular weight excluding hydrogens is 318 g/mol. The van der Waals surface area contributed by atoms with E-state index < -0.39 is 15.9 Å². The molecule has 1 N–H and O–H groups in total. The third kappa shape index (κ3) is 3.81. The van der Waals surface area contributed by atoms with E-state index in [4.69, 9.17) is 9.47 Å². The molecule has 2 aromatic carbocycles. The minimum Gasteiger partial charge on any atom is -0.497 e. The van der Waals surface area contributed by atoms with Crippen LogP contribution in [0, 0.1) is 6.92 Å². The summed E-state index contributed by atoms with van der Waals surface area (Å²) >= 11 is 0. The average molecular weight is 335 g/mol. The van der Waals surface area contributed by atoms with E-state index in [-0.39, 0.29) is 16.2 Å². The number of methoxy groups -OCH3 is 2. The van der Waals surface area contributed by atoms with Crippen molar-refractivity contribution in [3.8, 4) is 11.5 Å². The second-order valence-electron chi connectivity index (χ2n) is 4.81. The summed E-state index contributed by atoms with van der Waals surface area (Å²) in [4.78, 5) is 12.3. The predicted octanol–water partition coefficient (Wildman–Crippen LogP) is 2.13. The Hall–Kier alpha value is -2.54. The first-order valence-corrected chi connectivity index (χ1v) is 8.21. The number of benzene rings is 2. The van der Waals surface area contributed by atoms with Crippen molar-refractivity contribution >= 4 is 15.9 Å². The first kappa shape index (κ1) is 16.8. The lowest BCUT2D eigenvalue weighted by Crippen LogP contribution is -2.30. The normalized spacial score (nSPS) is 10.9. The highest BCUT2D eigenvalue weighted by molar-refractivity contribution is 7.90. The Balaban J connectivity index is 2.29. The Labute approximate surface area is 135 Å². The summed E-state index contributed by atoms with van der Waals surface area (Å²) in [5, 5.41) is 0. The molecule has 23 heavy (non-hydrogen) atoms. The van der Waals surface area contributed by atoms with Crippen LogP contribution in [0.5, 0.6) is 11.5 Å². The van der Waals surface area contributed by atoms with Gasteiger partial charge in [0.1, 0.15) is 11.5 Å². The van der Waals surface area contributed by atoms with Gasteiger partial charge in [-0.3, -0.25) is 4.79 Å². The molecule has 0 unspecified atom stereocenters. The highest BCUT2D eigenvalue weighted by Gasteiger charge is 2.21. The van der Waals surface area contributed by atoms with Gasteiger partial charge in [-0.05, 0) is 31.2 Å². The van der Waals surface area contributed by atoms with Crippen molar-refractivity contribution in [2.45, 2.75) is 11.8 Å². The van der Waals surface area contributed by atoms with Crippen molar-refractivity contribution < 1.29 is 22.7 Å². The van der Waals surface area contributed by atoms with E-state index in [0.29, 0.717) is 5.75 Å². The number of ether oxygens (including phenoxy) is 2. The molecule has 0 atom stereocenters. The van der Waals surface area contributed by atoms with Gasteiger partial charge in [-0.1, -0.05) is 17.7 Å². The quantitative estimate of drug-likeness (QED) is 0.905. The van der Waals surface area contributed by atoms with Crippen LogP contribution in [0.4, 0.5) is 0 Å². The Bertz CT molecular complexity index is 813. The van der Waals surface area contributed by atoms with Gasteiger partial charge in [-0.2, -0.15) is 0 Å².